The SMILES string of the molecule is CN1Cc2cc(Nc3ncc(C#N)c(Nc4cccc(P(C)(C)=O)n4)n3)cc3c2[C@](O)(CC3)C1. The van der Waals surface area contributed by atoms with Crippen molar-refractivity contribution in [1.29, 1.82) is 5.26 Å². The van der Waals surface area contributed by atoms with Crippen molar-refractivity contribution in [2.75, 3.05) is 37.6 Å². The number of hydrogen-bond donors (Lipinski definition) is 3. The van der Waals surface area contributed by atoms with Crippen LogP contribution in [0.25, 0.3) is 0 Å². The van der Waals surface area contributed by atoms with E-state index in [4.69, 9.17) is 0 Å². The van der Waals surface area contributed by atoms with Crippen LogP contribution in [0.1, 0.15) is 28.7 Å². The lowest BCUT2D eigenvalue weighted by Gasteiger charge is -2.36. The number of aryl methyl sites for hydroxylation is 1. The van der Waals surface area contributed by atoms with Crippen LogP contribution in [0, 0.1) is 11.3 Å². The van der Waals surface area contributed by atoms with E-state index < -0.39 is 12.7 Å². The molecule has 174 valence electrons. The van der Waals surface area contributed by atoms with Crippen LogP contribution < -0.4 is 16.1 Å². The summed E-state index contributed by atoms with van der Waals surface area (Å²) in [4.78, 5) is 15.4. The summed E-state index contributed by atoms with van der Waals surface area (Å²) in [7, 11) is -0.517. The summed E-state index contributed by atoms with van der Waals surface area (Å²) in [6, 6.07) is 11.4. The van der Waals surface area contributed by atoms with Crippen molar-refractivity contribution in [3.05, 3.63) is 58.8 Å². The van der Waals surface area contributed by atoms with Crippen molar-refractivity contribution in [3.8, 4) is 6.07 Å². The predicted molar refractivity (Wildman–Crippen MR) is 132 cm³/mol. The highest BCUT2D eigenvalue weighted by atomic mass is 31.2. The summed E-state index contributed by atoms with van der Waals surface area (Å²) in [5.74, 6) is 1.09. The highest BCUT2D eigenvalue weighted by molar-refractivity contribution is 7.69. The number of anilines is 4. The fourth-order valence-corrected chi connectivity index (χ4v) is 5.63. The molecule has 3 heterocycles. The highest BCUT2D eigenvalue weighted by Crippen LogP contribution is 2.44. The maximum Gasteiger partial charge on any atom is 0.229 e. The van der Waals surface area contributed by atoms with Crippen LogP contribution >= 0.6 is 7.14 Å². The van der Waals surface area contributed by atoms with Gasteiger partial charge in [-0.3, -0.25) is 4.90 Å². The molecule has 5 rings (SSSR count). The first-order chi connectivity index (χ1) is 16.1. The average Bonchev–Trinajstić information content (AvgIpc) is 3.10. The number of aliphatic hydroxyl groups is 1. The maximum atomic E-state index is 12.4. The molecule has 3 N–H and O–H groups in total. The summed E-state index contributed by atoms with van der Waals surface area (Å²) in [6.07, 6.45) is 3.00. The van der Waals surface area contributed by atoms with Crippen molar-refractivity contribution in [3.63, 3.8) is 0 Å². The van der Waals surface area contributed by atoms with Crippen molar-refractivity contribution >= 4 is 35.8 Å². The lowest BCUT2D eigenvalue weighted by molar-refractivity contribution is -0.00615. The molecule has 0 amide bonds. The normalized spacial score (nSPS) is 19.4. The quantitative estimate of drug-likeness (QED) is 0.477. The molecule has 9 nitrogen and oxygen atoms in total. The third kappa shape index (κ3) is 4.16. The number of β-amino-alcohol motifs (C(OH)–C–C–N with tert-alkyl or cyclic N) is 1. The zero-order valence-corrected chi connectivity index (χ0v) is 20.2. The first kappa shape index (κ1) is 22.5. The summed E-state index contributed by atoms with van der Waals surface area (Å²) < 4.78 is 12.4. The standard InChI is InChI=1S/C24H26N7O2P/c1-31-13-16-10-18(9-15-7-8-24(32,14-31)21(15)16)27-23-26-12-17(11-25)22(30-23)29-19-5-4-6-20(28-19)34(2,3)33/h4-6,9-10,12,32H,7-8,13-14H2,1-3H3,(H2,26,27,28,29,30)/t24-/m0/s1. The predicted octanol–water partition coefficient (Wildman–Crippen LogP) is 3.06. The van der Waals surface area contributed by atoms with E-state index in [0.29, 0.717) is 29.6 Å². The van der Waals surface area contributed by atoms with Gasteiger partial charge in [-0.05, 0) is 74.2 Å². The first-order valence-corrected chi connectivity index (χ1v) is 13.7. The Hall–Kier alpha value is -3.31. The number of likely N-dealkylation sites (N-methyl/N-ethyl adjacent to an activating group) is 1. The van der Waals surface area contributed by atoms with Gasteiger partial charge in [0.05, 0.1) is 6.20 Å². The van der Waals surface area contributed by atoms with Crippen molar-refractivity contribution < 1.29 is 9.67 Å². The van der Waals surface area contributed by atoms with Crippen LogP contribution in [0.2, 0.25) is 0 Å². The summed E-state index contributed by atoms with van der Waals surface area (Å²) in [5.41, 5.74) is 4.14. The van der Waals surface area contributed by atoms with Crippen molar-refractivity contribution in [2.45, 2.75) is 25.0 Å². The van der Waals surface area contributed by atoms with Crippen LogP contribution in [-0.4, -0.2) is 51.9 Å². The minimum atomic E-state index is -2.53. The fraction of sp³-hybridized carbons (Fsp3) is 0.333. The molecule has 1 aliphatic carbocycles. The van der Waals surface area contributed by atoms with Gasteiger partial charge in [0.1, 0.15) is 35.6 Å². The number of rotatable bonds is 5. The van der Waals surface area contributed by atoms with E-state index in [2.05, 4.69) is 36.6 Å². The van der Waals surface area contributed by atoms with Gasteiger partial charge >= 0.3 is 0 Å². The van der Waals surface area contributed by atoms with E-state index in [1.807, 2.05) is 19.2 Å². The molecule has 10 heteroatoms. The van der Waals surface area contributed by atoms with Gasteiger partial charge < -0.3 is 20.3 Å². The molecule has 34 heavy (non-hydrogen) atoms. The van der Waals surface area contributed by atoms with Crippen LogP contribution in [-0.2, 0) is 23.1 Å². The Kier molecular flexibility index (Phi) is 5.40. The zero-order valence-electron chi connectivity index (χ0n) is 19.3. The zero-order chi connectivity index (χ0) is 24.1. The average molecular weight is 475 g/mol. The van der Waals surface area contributed by atoms with Crippen molar-refractivity contribution in [2.24, 2.45) is 0 Å². The molecule has 0 spiro atoms. The lowest BCUT2D eigenvalue weighted by atomic mass is 9.87. The number of nitriles is 1. The minimum Gasteiger partial charge on any atom is -0.384 e. The summed E-state index contributed by atoms with van der Waals surface area (Å²) >= 11 is 0. The molecule has 1 aromatic carbocycles. The van der Waals surface area contributed by atoms with Crippen molar-refractivity contribution in [1.82, 2.24) is 19.9 Å². The molecule has 1 atom stereocenters. The van der Waals surface area contributed by atoms with Crippen LogP contribution in [0.15, 0.2) is 36.5 Å². The third-order valence-corrected chi connectivity index (χ3v) is 7.60. The number of nitrogens with zero attached hydrogens (tertiary/aromatic N) is 5. The second kappa shape index (κ2) is 8.17. The molecule has 2 aromatic heterocycles. The molecule has 2 aliphatic rings. The molecular formula is C24H26N7O2P. The van der Waals surface area contributed by atoms with Gasteiger partial charge in [0.15, 0.2) is 5.82 Å². The van der Waals surface area contributed by atoms with Gasteiger partial charge in [0.25, 0.3) is 0 Å². The van der Waals surface area contributed by atoms with Gasteiger partial charge in [-0.2, -0.15) is 10.2 Å². The highest BCUT2D eigenvalue weighted by Gasteiger charge is 2.42. The van der Waals surface area contributed by atoms with E-state index in [1.54, 1.807) is 31.5 Å². The molecule has 0 bridgehead atoms. The number of hydrogen-bond acceptors (Lipinski definition) is 9. The molecule has 1 aliphatic heterocycles. The largest absolute Gasteiger partial charge is 0.384 e. The van der Waals surface area contributed by atoms with Gasteiger partial charge in [-0.1, -0.05) is 6.07 Å². The lowest BCUT2D eigenvalue weighted by Crippen LogP contribution is -2.42. The maximum absolute atomic E-state index is 12.4. The van der Waals surface area contributed by atoms with Gasteiger partial charge in [0, 0.05) is 18.8 Å². The van der Waals surface area contributed by atoms with Gasteiger partial charge in [0.2, 0.25) is 5.95 Å². The Bertz CT molecular complexity index is 1380. The molecule has 0 fully saturated rings. The molecule has 0 saturated heterocycles. The number of pyridine rings is 1. The van der Waals surface area contributed by atoms with E-state index >= 15 is 0 Å². The number of aromatic nitrogens is 3. The summed E-state index contributed by atoms with van der Waals surface area (Å²) in [5, 5.41) is 26.9. The van der Waals surface area contributed by atoms with Crippen LogP contribution in [0.5, 0.6) is 0 Å². The Balaban J connectivity index is 1.45. The Morgan fingerprint density at radius 3 is 2.76 bits per heavy atom. The fourth-order valence-electron chi connectivity index (χ4n) is 4.84. The second-order valence-corrected chi connectivity index (χ2v) is 12.6. The molecule has 0 unspecified atom stereocenters. The third-order valence-electron chi connectivity index (χ3n) is 6.24. The second-order valence-electron chi connectivity index (χ2n) is 9.42. The van der Waals surface area contributed by atoms with E-state index in [-0.39, 0.29) is 5.56 Å². The van der Waals surface area contributed by atoms with E-state index in [0.717, 1.165) is 41.8 Å². The van der Waals surface area contributed by atoms with E-state index in [9.17, 15) is 14.9 Å². The number of benzene rings is 1. The number of nitrogens with one attached hydrogen (secondary N) is 2. The Labute approximate surface area is 198 Å². The van der Waals surface area contributed by atoms with Gasteiger partial charge in [-0.25, -0.2) is 9.97 Å². The molecule has 0 radical (unpaired) electrons. The Morgan fingerprint density at radius 1 is 1.21 bits per heavy atom. The topological polar surface area (TPSA) is 127 Å². The summed E-state index contributed by atoms with van der Waals surface area (Å²) in [6.45, 7) is 4.74. The van der Waals surface area contributed by atoms with Gasteiger partial charge in [-0.15, -0.1) is 0 Å². The first-order valence-electron chi connectivity index (χ1n) is 11.1. The van der Waals surface area contributed by atoms with Crippen LogP contribution in [0.4, 0.5) is 23.3 Å². The Morgan fingerprint density at radius 2 is 2.00 bits per heavy atom. The molecule has 0 saturated carbocycles. The minimum absolute atomic E-state index is 0.268. The smallest absolute Gasteiger partial charge is 0.229 e. The molecule has 3 aromatic rings. The van der Waals surface area contributed by atoms with E-state index in [1.165, 1.54) is 6.20 Å². The molecular weight excluding hydrogens is 449 g/mol. The monoisotopic (exact) mass is 475 g/mol. The van der Waals surface area contributed by atoms with Crippen LogP contribution in [0.3, 0.4) is 0 Å².